The first-order valence-corrected chi connectivity index (χ1v) is 6.27. The van der Waals surface area contributed by atoms with Gasteiger partial charge in [0, 0.05) is 5.25 Å². The molecule has 1 atom stereocenters. The number of hydrogen-bond donors (Lipinski definition) is 1. The van der Waals surface area contributed by atoms with Gasteiger partial charge in [0.15, 0.2) is 11.0 Å². The normalized spacial score (nSPS) is 20.2. The van der Waals surface area contributed by atoms with Crippen molar-refractivity contribution in [3.05, 3.63) is 11.7 Å². The lowest BCUT2D eigenvalue weighted by molar-refractivity contribution is 0.372. The maximum absolute atomic E-state index is 5.01. The highest BCUT2D eigenvalue weighted by Crippen LogP contribution is 2.25. The summed E-state index contributed by atoms with van der Waals surface area (Å²) in [6.45, 7) is 7.70. The molecule has 0 aliphatic carbocycles. The smallest absolute Gasteiger partial charge is 0.245 e. The van der Waals surface area contributed by atoms with Crippen LogP contribution in [-0.4, -0.2) is 27.1 Å². The number of aryl methyl sites for hydroxylation is 1. The summed E-state index contributed by atoms with van der Waals surface area (Å²) in [5, 5.41) is 8.52. The molecule has 1 aromatic heterocycles. The van der Waals surface area contributed by atoms with Crippen LogP contribution in [0.5, 0.6) is 0 Å². The van der Waals surface area contributed by atoms with Crippen molar-refractivity contribution in [2.24, 2.45) is 10.9 Å². The average molecular weight is 240 g/mol. The first-order chi connectivity index (χ1) is 7.65. The van der Waals surface area contributed by atoms with Gasteiger partial charge in [-0.1, -0.05) is 30.8 Å². The molecule has 1 unspecified atom stereocenters. The van der Waals surface area contributed by atoms with E-state index >= 15 is 0 Å². The minimum absolute atomic E-state index is 0.553. The van der Waals surface area contributed by atoms with Gasteiger partial charge in [0.2, 0.25) is 5.89 Å². The molecule has 0 saturated heterocycles. The molecule has 1 aliphatic rings. The number of nitrogens with one attached hydrogen (secondary N) is 1. The van der Waals surface area contributed by atoms with Gasteiger partial charge in [0.1, 0.15) is 0 Å². The van der Waals surface area contributed by atoms with Gasteiger partial charge in [-0.15, -0.1) is 0 Å². The number of aromatic nitrogens is 2. The lowest BCUT2D eigenvalue weighted by Crippen LogP contribution is -2.20. The molecule has 88 valence electrons. The van der Waals surface area contributed by atoms with E-state index in [2.05, 4.69) is 34.3 Å². The van der Waals surface area contributed by atoms with E-state index in [1.165, 1.54) is 0 Å². The van der Waals surface area contributed by atoms with Gasteiger partial charge in [-0.25, -0.2) is 0 Å². The Labute approximate surface area is 99.1 Å². The van der Waals surface area contributed by atoms with Crippen LogP contribution in [0.25, 0.3) is 0 Å². The fourth-order valence-corrected chi connectivity index (χ4v) is 2.41. The van der Waals surface area contributed by atoms with Crippen LogP contribution in [0, 0.1) is 12.8 Å². The van der Waals surface area contributed by atoms with Gasteiger partial charge >= 0.3 is 0 Å². The lowest BCUT2D eigenvalue weighted by Gasteiger charge is -2.11. The zero-order chi connectivity index (χ0) is 11.5. The number of rotatable bonds is 3. The summed E-state index contributed by atoms with van der Waals surface area (Å²) in [4.78, 5) is 8.56. The fraction of sp³-hybridized carbons (Fsp3) is 0.700. The van der Waals surface area contributed by atoms with Gasteiger partial charge < -0.3 is 9.84 Å². The topological polar surface area (TPSA) is 63.3 Å². The van der Waals surface area contributed by atoms with Gasteiger partial charge in [0.25, 0.3) is 0 Å². The van der Waals surface area contributed by atoms with E-state index in [1.54, 1.807) is 11.8 Å². The third kappa shape index (κ3) is 2.75. The van der Waals surface area contributed by atoms with E-state index < -0.39 is 0 Å². The lowest BCUT2D eigenvalue weighted by atomic mass is 10.1. The highest BCUT2D eigenvalue weighted by Gasteiger charge is 2.22. The van der Waals surface area contributed by atoms with Crippen LogP contribution in [0.3, 0.4) is 0 Å². The first-order valence-electron chi connectivity index (χ1n) is 5.39. The van der Waals surface area contributed by atoms with Gasteiger partial charge in [-0.3, -0.25) is 4.99 Å². The highest BCUT2D eigenvalue weighted by atomic mass is 32.2. The molecule has 16 heavy (non-hydrogen) atoms. The summed E-state index contributed by atoms with van der Waals surface area (Å²) in [6, 6.07) is 0. The molecule has 0 saturated carbocycles. The molecule has 0 bridgehead atoms. The van der Waals surface area contributed by atoms with Crippen molar-refractivity contribution >= 4 is 16.9 Å². The van der Waals surface area contributed by atoms with Gasteiger partial charge in [-0.2, -0.15) is 4.98 Å². The molecular weight excluding hydrogens is 224 g/mol. The van der Waals surface area contributed by atoms with Crippen molar-refractivity contribution in [3.63, 3.8) is 0 Å². The molecule has 0 spiro atoms. The third-order valence-electron chi connectivity index (χ3n) is 2.38. The van der Waals surface area contributed by atoms with E-state index in [1.807, 2.05) is 6.92 Å². The van der Waals surface area contributed by atoms with E-state index in [9.17, 15) is 0 Å². The zero-order valence-electron chi connectivity index (χ0n) is 9.73. The summed E-state index contributed by atoms with van der Waals surface area (Å²) < 4.78 is 5.01. The minimum atomic E-state index is 0.553. The molecule has 1 aliphatic heterocycles. The van der Waals surface area contributed by atoms with E-state index in [0.717, 1.165) is 11.7 Å². The average Bonchev–Trinajstić information content (AvgIpc) is 2.83. The first kappa shape index (κ1) is 11.4. The Morgan fingerprint density at radius 1 is 1.56 bits per heavy atom. The van der Waals surface area contributed by atoms with Crippen LogP contribution >= 0.6 is 11.8 Å². The predicted molar refractivity (Wildman–Crippen MR) is 64.4 cm³/mol. The largest absolute Gasteiger partial charge is 0.356 e. The van der Waals surface area contributed by atoms with Crippen molar-refractivity contribution in [2.45, 2.75) is 32.6 Å². The number of amidine groups is 1. The molecule has 0 radical (unpaired) electrons. The van der Waals surface area contributed by atoms with Crippen molar-refractivity contribution in [2.75, 3.05) is 6.54 Å². The van der Waals surface area contributed by atoms with Gasteiger partial charge in [-0.05, 0) is 12.8 Å². The molecule has 1 N–H and O–H groups in total. The standard InChI is InChI=1S/C10H16N4OS/c1-6(2)8-4-11-10(16-8)12-5-9-13-7(3)14-15-9/h6,8H,4-5H2,1-3H3,(H,11,12). The molecular formula is C10H16N4OS. The van der Waals surface area contributed by atoms with Crippen molar-refractivity contribution in [3.8, 4) is 0 Å². The Kier molecular flexibility index (Phi) is 3.48. The van der Waals surface area contributed by atoms with E-state index in [4.69, 9.17) is 4.52 Å². The van der Waals surface area contributed by atoms with Crippen LogP contribution in [0.1, 0.15) is 25.6 Å². The second kappa shape index (κ2) is 4.86. The van der Waals surface area contributed by atoms with Crippen LogP contribution in [-0.2, 0) is 6.54 Å². The Bertz CT molecular complexity index is 388. The second-order valence-corrected chi connectivity index (χ2v) is 5.36. The van der Waals surface area contributed by atoms with Crippen LogP contribution < -0.4 is 5.32 Å². The zero-order valence-corrected chi connectivity index (χ0v) is 10.5. The van der Waals surface area contributed by atoms with Crippen LogP contribution in [0.15, 0.2) is 9.52 Å². The minimum Gasteiger partial charge on any atom is -0.356 e. The molecule has 2 rings (SSSR count). The Morgan fingerprint density at radius 3 is 2.94 bits per heavy atom. The number of aliphatic imine (C=N–C) groups is 1. The maximum atomic E-state index is 5.01. The Balaban J connectivity index is 1.80. The van der Waals surface area contributed by atoms with Crippen LogP contribution in [0.4, 0.5) is 0 Å². The summed E-state index contributed by atoms with van der Waals surface area (Å²) in [5.74, 6) is 1.92. The number of thioether (sulfide) groups is 1. The predicted octanol–water partition coefficient (Wildman–Crippen LogP) is 1.60. The molecule has 0 amide bonds. The summed E-state index contributed by atoms with van der Waals surface area (Å²) in [6.07, 6.45) is 0. The summed E-state index contributed by atoms with van der Waals surface area (Å²) >= 11 is 1.79. The maximum Gasteiger partial charge on any atom is 0.245 e. The van der Waals surface area contributed by atoms with Crippen molar-refractivity contribution in [1.29, 1.82) is 0 Å². The second-order valence-electron chi connectivity index (χ2n) is 4.14. The molecule has 2 heterocycles. The molecule has 0 fully saturated rings. The highest BCUT2D eigenvalue weighted by molar-refractivity contribution is 8.14. The SMILES string of the molecule is Cc1noc(CNC2=NCC(C(C)C)S2)n1. The number of hydrogen-bond acceptors (Lipinski definition) is 6. The number of nitrogens with zero attached hydrogens (tertiary/aromatic N) is 3. The molecule has 6 heteroatoms. The molecule has 0 aromatic carbocycles. The van der Waals surface area contributed by atoms with Crippen LogP contribution in [0.2, 0.25) is 0 Å². The monoisotopic (exact) mass is 240 g/mol. The quantitative estimate of drug-likeness (QED) is 0.869. The fourth-order valence-electron chi connectivity index (χ4n) is 1.40. The van der Waals surface area contributed by atoms with E-state index in [-0.39, 0.29) is 0 Å². The third-order valence-corrected chi connectivity index (χ3v) is 3.87. The van der Waals surface area contributed by atoms with Crippen molar-refractivity contribution < 1.29 is 4.52 Å². The van der Waals surface area contributed by atoms with Crippen molar-refractivity contribution in [1.82, 2.24) is 15.5 Å². The molecule has 1 aromatic rings. The van der Waals surface area contributed by atoms with Gasteiger partial charge in [0.05, 0.1) is 13.1 Å². The summed E-state index contributed by atoms with van der Waals surface area (Å²) in [7, 11) is 0. The Morgan fingerprint density at radius 2 is 2.38 bits per heavy atom. The Hall–Kier alpha value is -1.04. The van der Waals surface area contributed by atoms with E-state index in [0.29, 0.717) is 29.4 Å². The summed E-state index contributed by atoms with van der Waals surface area (Å²) in [5.41, 5.74) is 0. The molecule has 5 nitrogen and oxygen atoms in total.